The summed E-state index contributed by atoms with van der Waals surface area (Å²) in [4.78, 5) is 13.8. The van der Waals surface area contributed by atoms with E-state index in [1.54, 1.807) is 29.5 Å². The van der Waals surface area contributed by atoms with Crippen LogP contribution in [0.25, 0.3) is 10.6 Å². The molecule has 24 heavy (non-hydrogen) atoms. The van der Waals surface area contributed by atoms with Crippen molar-refractivity contribution in [2.45, 2.75) is 18.3 Å². The van der Waals surface area contributed by atoms with Gasteiger partial charge in [-0.25, -0.2) is 0 Å². The summed E-state index contributed by atoms with van der Waals surface area (Å²) in [6.45, 7) is 0. The lowest BCUT2D eigenvalue weighted by Crippen LogP contribution is -2.28. The molecule has 1 aliphatic rings. The number of carbonyl (C=O) groups is 1. The second-order valence-corrected chi connectivity index (χ2v) is 7.51. The Morgan fingerprint density at radius 2 is 2.08 bits per heavy atom. The van der Waals surface area contributed by atoms with Crippen LogP contribution in [0.5, 0.6) is 0 Å². The average Bonchev–Trinajstić information content (AvgIpc) is 3.00. The van der Waals surface area contributed by atoms with E-state index >= 15 is 0 Å². The van der Waals surface area contributed by atoms with Crippen molar-refractivity contribution in [2.24, 2.45) is 0 Å². The molecule has 122 valence electrons. The third-order valence-electron chi connectivity index (χ3n) is 4.13. The van der Waals surface area contributed by atoms with Gasteiger partial charge in [0.25, 0.3) is 0 Å². The van der Waals surface area contributed by atoms with E-state index in [0.29, 0.717) is 27.2 Å². The minimum Gasteiger partial charge on any atom is -0.355 e. The van der Waals surface area contributed by atoms with Crippen molar-refractivity contribution in [3.8, 4) is 10.6 Å². The Kier molecular flexibility index (Phi) is 3.87. The van der Waals surface area contributed by atoms with Gasteiger partial charge >= 0.3 is 0 Å². The van der Waals surface area contributed by atoms with Crippen LogP contribution in [0.4, 0.5) is 5.69 Å². The van der Waals surface area contributed by atoms with Gasteiger partial charge < -0.3 is 9.84 Å². The lowest BCUT2D eigenvalue weighted by Gasteiger charge is -2.13. The Morgan fingerprint density at radius 3 is 2.79 bits per heavy atom. The van der Waals surface area contributed by atoms with Gasteiger partial charge in [-0.3, -0.25) is 4.79 Å². The number of nitrogens with zero attached hydrogens (tertiary/aromatic N) is 1. The monoisotopic (exact) mass is 378 g/mol. The summed E-state index contributed by atoms with van der Waals surface area (Å²) in [6, 6.07) is 10.7. The van der Waals surface area contributed by atoms with Crippen LogP contribution in [0, 0.1) is 0 Å². The van der Waals surface area contributed by atoms with Crippen LogP contribution in [0.3, 0.4) is 0 Å². The Bertz CT molecular complexity index is 901. The molecule has 1 aliphatic carbocycles. The molecule has 3 aromatic rings. The highest BCUT2D eigenvalue weighted by molar-refractivity contribution is 7.13. The lowest BCUT2D eigenvalue weighted by molar-refractivity contribution is -0.118. The summed E-state index contributed by atoms with van der Waals surface area (Å²) in [6.07, 6.45) is 1.46. The van der Waals surface area contributed by atoms with Gasteiger partial charge in [0.2, 0.25) is 5.91 Å². The molecule has 0 aliphatic heterocycles. The zero-order valence-corrected chi connectivity index (χ0v) is 14.7. The van der Waals surface area contributed by atoms with Gasteiger partial charge in [-0.05, 0) is 42.5 Å². The minimum atomic E-state index is -0.648. The summed E-state index contributed by atoms with van der Waals surface area (Å²) in [5.74, 6) is 0.539. The first kappa shape index (κ1) is 15.7. The summed E-state index contributed by atoms with van der Waals surface area (Å²) in [5.41, 5.74) is 0.508. The maximum atomic E-state index is 12.8. The van der Waals surface area contributed by atoms with E-state index in [1.807, 2.05) is 23.6 Å². The third kappa shape index (κ3) is 2.73. The first-order valence-electron chi connectivity index (χ1n) is 7.36. The van der Waals surface area contributed by atoms with Crippen LogP contribution in [0.2, 0.25) is 10.0 Å². The van der Waals surface area contributed by atoms with Gasteiger partial charge in [0, 0.05) is 11.1 Å². The fourth-order valence-electron chi connectivity index (χ4n) is 2.60. The highest BCUT2D eigenvalue weighted by atomic mass is 35.5. The van der Waals surface area contributed by atoms with E-state index < -0.39 is 5.41 Å². The average molecular weight is 379 g/mol. The standard InChI is InChI=1S/C17H12Cl2N2O2S/c18-10-3-4-11(19)12(8-10)20-16(22)17(5-6-17)15-9-13(23-21-15)14-2-1-7-24-14/h1-4,7-9H,5-6H2,(H,20,22). The molecule has 1 fully saturated rings. The molecule has 1 saturated carbocycles. The van der Waals surface area contributed by atoms with E-state index in [0.717, 1.165) is 17.7 Å². The maximum absolute atomic E-state index is 12.8. The first-order valence-corrected chi connectivity index (χ1v) is 9.00. The highest BCUT2D eigenvalue weighted by Gasteiger charge is 2.54. The molecule has 1 amide bonds. The topological polar surface area (TPSA) is 55.1 Å². The molecule has 0 spiro atoms. The van der Waals surface area contributed by atoms with Crippen molar-refractivity contribution in [1.82, 2.24) is 5.16 Å². The number of carbonyl (C=O) groups excluding carboxylic acids is 1. The van der Waals surface area contributed by atoms with E-state index in [2.05, 4.69) is 10.5 Å². The maximum Gasteiger partial charge on any atom is 0.236 e. The SMILES string of the molecule is O=C(Nc1cc(Cl)ccc1Cl)C1(c2cc(-c3cccs3)on2)CC1. The van der Waals surface area contributed by atoms with Gasteiger partial charge in [0.1, 0.15) is 0 Å². The fraction of sp³-hybridized carbons (Fsp3) is 0.176. The van der Waals surface area contributed by atoms with Gasteiger partial charge in [0.05, 0.1) is 26.7 Å². The number of nitrogens with one attached hydrogen (secondary N) is 1. The van der Waals surface area contributed by atoms with Crippen molar-refractivity contribution in [1.29, 1.82) is 0 Å². The molecule has 2 heterocycles. The van der Waals surface area contributed by atoms with Crippen LogP contribution < -0.4 is 5.32 Å². The van der Waals surface area contributed by atoms with E-state index in [4.69, 9.17) is 27.7 Å². The first-order chi connectivity index (χ1) is 11.6. The number of anilines is 1. The van der Waals surface area contributed by atoms with Crippen LogP contribution in [0.15, 0.2) is 46.3 Å². The Morgan fingerprint density at radius 1 is 1.25 bits per heavy atom. The largest absolute Gasteiger partial charge is 0.355 e. The predicted molar refractivity (Wildman–Crippen MR) is 95.8 cm³/mol. The lowest BCUT2D eigenvalue weighted by atomic mass is 10.0. The smallest absolute Gasteiger partial charge is 0.236 e. The Hall–Kier alpha value is -1.82. The van der Waals surface area contributed by atoms with Crippen molar-refractivity contribution in [2.75, 3.05) is 5.32 Å². The zero-order valence-electron chi connectivity index (χ0n) is 12.4. The van der Waals surface area contributed by atoms with Crippen LogP contribution in [-0.4, -0.2) is 11.1 Å². The number of hydrogen-bond acceptors (Lipinski definition) is 4. The van der Waals surface area contributed by atoms with Crippen molar-refractivity contribution in [3.05, 3.63) is 57.5 Å². The minimum absolute atomic E-state index is 0.141. The fourth-order valence-corrected chi connectivity index (χ4v) is 3.61. The molecule has 1 aromatic carbocycles. The third-order valence-corrected chi connectivity index (χ3v) is 5.57. The zero-order chi connectivity index (χ0) is 16.7. The van der Waals surface area contributed by atoms with E-state index in [-0.39, 0.29) is 5.91 Å². The molecular formula is C17H12Cl2N2O2S. The van der Waals surface area contributed by atoms with Crippen LogP contribution in [-0.2, 0) is 10.2 Å². The number of halogens is 2. The molecule has 0 saturated heterocycles. The summed E-state index contributed by atoms with van der Waals surface area (Å²) < 4.78 is 5.41. The summed E-state index contributed by atoms with van der Waals surface area (Å²) in [7, 11) is 0. The highest BCUT2D eigenvalue weighted by Crippen LogP contribution is 2.49. The van der Waals surface area contributed by atoms with Crippen molar-refractivity contribution >= 4 is 46.1 Å². The van der Waals surface area contributed by atoms with E-state index in [1.165, 1.54) is 0 Å². The molecule has 2 aromatic heterocycles. The number of aromatic nitrogens is 1. The predicted octanol–water partition coefficient (Wildman–Crippen LogP) is 5.38. The number of hydrogen-bond donors (Lipinski definition) is 1. The number of thiophene rings is 1. The molecule has 0 unspecified atom stereocenters. The van der Waals surface area contributed by atoms with Gasteiger partial charge in [-0.15, -0.1) is 11.3 Å². The Labute approximate surface area is 152 Å². The Balaban J connectivity index is 1.59. The van der Waals surface area contributed by atoms with Crippen LogP contribution in [0.1, 0.15) is 18.5 Å². The number of rotatable bonds is 4. The molecule has 4 rings (SSSR count). The summed E-state index contributed by atoms with van der Waals surface area (Å²) >= 11 is 13.7. The summed E-state index contributed by atoms with van der Waals surface area (Å²) in [5, 5.41) is 9.92. The molecule has 4 nitrogen and oxygen atoms in total. The second kappa shape index (κ2) is 5.92. The molecule has 7 heteroatoms. The normalized spacial score (nSPS) is 15.2. The molecule has 1 N–H and O–H groups in total. The molecular weight excluding hydrogens is 367 g/mol. The molecule has 0 radical (unpaired) electrons. The van der Waals surface area contributed by atoms with E-state index in [9.17, 15) is 4.79 Å². The second-order valence-electron chi connectivity index (χ2n) is 5.71. The molecule has 0 atom stereocenters. The quantitative estimate of drug-likeness (QED) is 0.662. The van der Waals surface area contributed by atoms with Crippen molar-refractivity contribution < 1.29 is 9.32 Å². The molecule has 0 bridgehead atoms. The van der Waals surface area contributed by atoms with Gasteiger partial charge in [0.15, 0.2) is 5.76 Å². The van der Waals surface area contributed by atoms with Crippen molar-refractivity contribution in [3.63, 3.8) is 0 Å². The van der Waals surface area contributed by atoms with Crippen LogP contribution >= 0.6 is 34.5 Å². The van der Waals surface area contributed by atoms with Gasteiger partial charge in [-0.1, -0.05) is 34.4 Å². The number of benzene rings is 1. The van der Waals surface area contributed by atoms with Gasteiger partial charge in [-0.2, -0.15) is 0 Å². The number of amides is 1.